The molecule has 0 fully saturated rings. The minimum absolute atomic E-state index is 0.0995. The predicted molar refractivity (Wildman–Crippen MR) is 40.3 cm³/mol. The van der Waals surface area contributed by atoms with Gasteiger partial charge in [-0.05, 0) is 12.1 Å². The number of nitrogens with zero attached hydrogens (tertiary/aromatic N) is 1. The summed E-state index contributed by atoms with van der Waals surface area (Å²) in [7, 11) is 0. The van der Waals surface area contributed by atoms with Gasteiger partial charge in [0, 0.05) is 6.20 Å². The molecule has 0 atom stereocenters. The van der Waals surface area contributed by atoms with Gasteiger partial charge >= 0.3 is 6.18 Å². The fraction of sp³-hybridized carbons (Fsp3) is 0.286. The number of hydrogen-bond donors (Lipinski definition) is 2. The van der Waals surface area contributed by atoms with Gasteiger partial charge in [-0.2, -0.15) is 13.2 Å². The molecule has 0 amide bonds. The summed E-state index contributed by atoms with van der Waals surface area (Å²) in [4.78, 5) is 3.57. The molecule has 0 bridgehead atoms. The maximum Gasteiger partial charge on any atom is 0.418 e. The van der Waals surface area contributed by atoms with Crippen LogP contribution in [0.1, 0.15) is 11.3 Å². The van der Waals surface area contributed by atoms with Crippen LogP contribution in [0.3, 0.4) is 0 Å². The molecule has 0 unspecified atom stereocenters. The molecular formula is C7H8F3N3. The number of aromatic nitrogens is 1. The van der Waals surface area contributed by atoms with Gasteiger partial charge < -0.3 is 0 Å². The maximum atomic E-state index is 12.3. The zero-order valence-electron chi connectivity index (χ0n) is 6.60. The Morgan fingerprint density at radius 3 is 2.69 bits per heavy atom. The lowest BCUT2D eigenvalue weighted by molar-refractivity contribution is -0.138. The Balaban J connectivity index is 3.05. The van der Waals surface area contributed by atoms with E-state index in [0.29, 0.717) is 0 Å². The first-order chi connectivity index (χ1) is 6.05. The molecule has 6 heteroatoms. The number of halogens is 3. The smallest absolute Gasteiger partial charge is 0.271 e. The Hall–Kier alpha value is -1.14. The Morgan fingerprint density at radius 1 is 1.46 bits per heavy atom. The van der Waals surface area contributed by atoms with Crippen LogP contribution in [-0.4, -0.2) is 4.98 Å². The highest BCUT2D eigenvalue weighted by Crippen LogP contribution is 2.30. The third-order valence-corrected chi connectivity index (χ3v) is 1.47. The van der Waals surface area contributed by atoms with Gasteiger partial charge in [0.15, 0.2) is 0 Å². The van der Waals surface area contributed by atoms with Crippen molar-refractivity contribution in [2.24, 2.45) is 5.84 Å². The van der Waals surface area contributed by atoms with Gasteiger partial charge in [-0.1, -0.05) is 0 Å². The normalized spacial score (nSPS) is 11.7. The first kappa shape index (κ1) is 9.94. The summed E-state index contributed by atoms with van der Waals surface area (Å²) >= 11 is 0. The molecule has 0 aromatic carbocycles. The van der Waals surface area contributed by atoms with Crippen molar-refractivity contribution in [1.29, 1.82) is 0 Å². The molecule has 0 spiro atoms. The average molecular weight is 191 g/mol. The Morgan fingerprint density at radius 2 is 2.15 bits per heavy atom. The van der Waals surface area contributed by atoms with Crippen molar-refractivity contribution >= 4 is 0 Å². The molecule has 0 saturated carbocycles. The minimum atomic E-state index is -4.37. The van der Waals surface area contributed by atoms with Gasteiger partial charge in [-0.25, -0.2) is 0 Å². The summed E-state index contributed by atoms with van der Waals surface area (Å²) in [5, 5.41) is 0. The second-order valence-electron chi connectivity index (χ2n) is 2.38. The van der Waals surface area contributed by atoms with Crippen molar-refractivity contribution in [3.63, 3.8) is 0 Å². The number of alkyl halides is 3. The van der Waals surface area contributed by atoms with Crippen LogP contribution in [0.25, 0.3) is 0 Å². The predicted octanol–water partition coefficient (Wildman–Crippen LogP) is 1.06. The average Bonchev–Trinajstić information content (AvgIpc) is 2.04. The van der Waals surface area contributed by atoms with Gasteiger partial charge in [0.1, 0.15) is 0 Å². The fourth-order valence-electron chi connectivity index (χ4n) is 0.934. The van der Waals surface area contributed by atoms with Crippen molar-refractivity contribution < 1.29 is 13.2 Å². The molecule has 0 aliphatic carbocycles. The van der Waals surface area contributed by atoms with Crippen LogP contribution in [0.2, 0.25) is 0 Å². The van der Waals surface area contributed by atoms with Gasteiger partial charge in [0.2, 0.25) is 0 Å². The second-order valence-corrected chi connectivity index (χ2v) is 2.38. The van der Waals surface area contributed by atoms with Crippen molar-refractivity contribution in [3.05, 3.63) is 29.6 Å². The number of nitrogens with one attached hydrogen (secondary N) is 1. The minimum Gasteiger partial charge on any atom is -0.271 e. The van der Waals surface area contributed by atoms with Crippen molar-refractivity contribution in [3.8, 4) is 0 Å². The number of pyridine rings is 1. The third kappa shape index (κ3) is 2.40. The summed E-state index contributed by atoms with van der Waals surface area (Å²) in [6.45, 7) is -0.102. The summed E-state index contributed by atoms with van der Waals surface area (Å²) in [5.41, 5.74) is 1.28. The highest BCUT2D eigenvalue weighted by Gasteiger charge is 2.33. The molecule has 13 heavy (non-hydrogen) atoms. The molecule has 1 aromatic rings. The van der Waals surface area contributed by atoms with Gasteiger partial charge in [0.05, 0.1) is 17.8 Å². The van der Waals surface area contributed by atoms with Crippen LogP contribution in [0, 0.1) is 0 Å². The van der Waals surface area contributed by atoms with Crippen LogP contribution in [-0.2, 0) is 12.7 Å². The first-order valence-corrected chi connectivity index (χ1v) is 3.50. The van der Waals surface area contributed by atoms with Crippen molar-refractivity contribution in [2.45, 2.75) is 12.7 Å². The Labute approximate surface area is 72.7 Å². The van der Waals surface area contributed by atoms with Crippen LogP contribution in [0.5, 0.6) is 0 Å². The van der Waals surface area contributed by atoms with Crippen molar-refractivity contribution in [1.82, 2.24) is 10.4 Å². The van der Waals surface area contributed by atoms with Crippen molar-refractivity contribution in [2.75, 3.05) is 0 Å². The lowest BCUT2D eigenvalue weighted by Crippen LogP contribution is -2.24. The molecule has 0 radical (unpaired) electrons. The lowest BCUT2D eigenvalue weighted by Gasteiger charge is -2.10. The van der Waals surface area contributed by atoms with Crippen LogP contribution in [0.4, 0.5) is 13.2 Å². The van der Waals surface area contributed by atoms with Crippen LogP contribution < -0.4 is 11.3 Å². The summed E-state index contributed by atoms with van der Waals surface area (Å²) in [5.74, 6) is 4.92. The fourth-order valence-corrected chi connectivity index (χ4v) is 0.934. The summed E-state index contributed by atoms with van der Waals surface area (Å²) < 4.78 is 36.8. The van der Waals surface area contributed by atoms with E-state index in [2.05, 4.69) is 10.4 Å². The van der Waals surface area contributed by atoms with E-state index in [1.165, 1.54) is 12.3 Å². The molecule has 0 aliphatic rings. The zero-order valence-corrected chi connectivity index (χ0v) is 6.60. The standard InChI is InChI=1S/C7H8F3N3/c8-7(9,10)5-2-1-3-12-6(5)4-13-11/h1-3,13H,4,11H2. The van der Waals surface area contributed by atoms with E-state index in [0.717, 1.165) is 6.07 Å². The van der Waals surface area contributed by atoms with Crippen LogP contribution in [0.15, 0.2) is 18.3 Å². The van der Waals surface area contributed by atoms with E-state index < -0.39 is 11.7 Å². The Bertz CT molecular complexity index is 285. The monoisotopic (exact) mass is 191 g/mol. The number of nitrogens with two attached hydrogens (primary N) is 1. The molecule has 3 N–H and O–H groups in total. The lowest BCUT2D eigenvalue weighted by atomic mass is 10.2. The highest BCUT2D eigenvalue weighted by atomic mass is 19.4. The largest absolute Gasteiger partial charge is 0.418 e. The topological polar surface area (TPSA) is 50.9 Å². The van der Waals surface area contributed by atoms with Gasteiger partial charge in [-0.15, -0.1) is 0 Å². The number of hydrogen-bond acceptors (Lipinski definition) is 3. The number of rotatable bonds is 2. The van der Waals surface area contributed by atoms with Gasteiger partial charge in [-0.3, -0.25) is 16.3 Å². The molecule has 0 saturated heterocycles. The third-order valence-electron chi connectivity index (χ3n) is 1.47. The molecule has 1 heterocycles. The summed E-state index contributed by atoms with van der Waals surface area (Å²) in [6.07, 6.45) is -3.08. The molecule has 3 nitrogen and oxygen atoms in total. The van der Waals surface area contributed by atoms with E-state index >= 15 is 0 Å². The van der Waals surface area contributed by atoms with Gasteiger partial charge in [0.25, 0.3) is 0 Å². The Kier molecular flexibility index (Phi) is 2.84. The van der Waals surface area contributed by atoms with E-state index in [1.807, 2.05) is 0 Å². The quantitative estimate of drug-likeness (QED) is 0.543. The second kappa shape index (κ2) is 3.71. The highest BCUT2D eigenvalue weighted by molar-refractivity contribution is 5.22. The first-order valence-electron chi connectivity index (χ1n) is 3.50. The molecule has 72 valence electrons. The SMILES string of the molecule is NNCc1ncccc1C(F)(F)F. The van der Waals surface area contributed by atoms with E-state index in [4.69, 9.17) is 5.84 Å². The number of hydrazine groups is 1. The molecular weight excluding hydrogens is 183 g/mol. The van der Waals surface area contributed by atoms with E-state index in [-0.39, 0.29) is 12.2 Å². The molecule has 0 aliphatic heterocycles. The molecule has 1 rings (SSSR count). The maximum absolute atomic E-state index is 12.3. The summed E-state index contributed by atoms with van der Waals surface area (Å²) in [6, 6.07) is 2.21. The van der Waals surface area contributed by atoms with E-state index in [9.17, 15) is 13.2 Å². The van der Waals surface area contributed by atoms with Crippen LogP contribution >= 0.6 is 0 Å². The van der Waals surface area contributed by atoms with E-state index in [1.54, 1.807) is 0 Å². The molecule has 1 aromatic heterocycles. The zero-order chi connectivity index (χ0) is 9.90.